The average molecular weight is 423 g/mol. The van der Waals surface area contributed by atoms with Crippen LogP contribution in [0.4, 0.5) is 5.69 Å². The zero-order chi connectivity index (χ0) is 21.5. The molecule has 0 fully saturated rings. The van der Waals surface area contributed by atoms with E-state index in [-0.39, 0.29) is 17.9 Å². The third kappa shape index (κ3) is 3.41. The SMILES string of the molecule is CCOC(=O)c1cc2c(c(-c3ccccc3)c1NS(C)(=O)=O)c1ccccc1n2C. The number of benzene rings is 3. The van der Waals surface area contributed by atoms with Crippen molar-refractivity contribution < 1.29 is 17.9 Å². The number of rotatable bonds is 5. The summed E-state index contributed by atoms with van der Waals surface area (Å²) in [6, 6.07) is 19.1. The molecule has 1 aromatic heterocycles. The number of ether oxygens (including phenoxy) is 1. The van der Waals surface area contributed by atoms with E-state index in [0.29, 0.717) is 5.56 Å². The second kappa shape index (κ2) is 7.50. The average Bonchev–Trinajstić information content (AvgIpc) is 2.99. The maximum Gasteiger partial charge on any atom is 0.340 e. The van der Waals surface area contributed by atoms with E-state index < -0.39 is 16.0 Å². The lowest BCUT2D eigenvalue weighted by Gasteiger charge is -2.17. The molecule has 0 atom stereocenters. The molecule has 3 aromatic carbocycles. The van der Waals surface area contributed by atoms with Crippen LogP contribution in [0.5, 0.6) is 0 Å². The Bertz CT molecular complexity index is 1370. The number of aromatic nitrogens is 1. The van der Waals surface area contributed by atoms with Crippen LogP contribution in [0.3, 0.4) is 0 Å². The van der Waals surface area contributed by atoms with Gasteiger partial charge in [-0.2, -0.15) is 0 Å². The first-order valence-electron chi connectivity index (χ1n) is 9.56. The highest BCUT2D eigenvalue weighted by atomic mass is 32.2. The lowest BCUT2D eigenvalue weighted by atomic mass is 9.94. The van der Waals surface area contributed by atoms with Crippen molar-refractivity contribution >= 4 is 43.5 Å². The van der Waals surface area contributed by atoms with Crippen molar-refractivity contribution in [3.05, 3.63) is 66.2 Å². The molecule has 4 aromatic rings. The number of fused-ring (bicyclic) bond motifs is 3. The van der Waals surface area contributed by atoms with E-state index in [9.17, 15) is 13.2 Å². The highest BCUT2D eigenvalue weighted by molar-refractivity contribution is 7.92. The summed E-state index contributed by atoms with van der Waals surface area (Å²) in [7, 11) is -1.73. The van der Waals surface area contributed by atoms with E-state index in [4.69, 9.17) is 4.74 Å². The monoisotopic (exact) mass is 422 g/mol. The lowest BCUT2D eigenvalue weighted by Crippen LogP contribution is -2.16. The molecular weight excluding hydrogens is 400 g/mol. The number of anilines is 1. The smallest absolute Gasteiger partial charge is 0.340 e. The van der Waals surface area contributed by atoms with E-state index in [2.05, 4.69) is 4.72 Å². The van der Waals surface area contributed by atoms with Gasteiger partial charge < -0.3 is 9.30 Å². The van der Waals surface area contributed by atoms with Gasteiger partial charge in [0, 0.05) is 28.9 Å². The summed E-state index contributed by atoms with van der Waals surface area (Å²) in [5.74, 6) is -0.576. The minimum absolute atomic E-state index is 0.180. The second-order valence-electron chi connectivity index (χ2n) is 7.11. The van der Waals surface area contributed by atoms with Crippen LogP contribution >= 0.6 is 0 Å². The van der Waals surface area contributed by atoms with Gasteiger partial charge in [-0.05, 0) is 24.6 Å². The quantitative estimate of drug-likeness (QED) is 0.479. The standard InChI is InChI=1S/C23H22N2O4S/c1-4-29-23(26)17-14-19-21(16-12-8-9-13-18(16)25(19)2)20(15-10-6-5-7-11-15)22(17)24-30(3,27)28/h5-14,24H,4H2,1-3H3. The Morgan fingerprint density at radius 1 is 1.03 bits per heavy atom. The van der Waals surface area contributed by atoms with Gasteiger partial charge in [0.25, 0.3) is 0 Å². The number of aryl methyl sites for hydroxylation is 1. The van der Waals surface area contributed by atoms with Crippen LogP contribution in [0.2, 0.25) is 0 Å². The number of nitrogens with one attached hydrogen (secondary N) is 1. The molecule has 0 saturated carbocycles. The van der Waals surface area contributed by atoms with Crippen LogP contribution < -0.4 is 4.72 Å². The Morgan fingerprint density at radius 3 is 2.37 bits per heavy atom. The Labute approximate surface area is 175 Å². The van der Waals surface area contributed by atoms with E-state index in [0.717, 1.165) is 33.6 Å². The molecule has 30 heavy (non-hydrogen) atoms. The van der Waals surface area contributed by atoms with Gasteiger partial charge in [0.1, 0.15) is 0 Å². The van der Waals surface area contributed by atoms with Crippen molar-refractivity contribution in [1.82, 2.24) is 4.57 Å². The number of hydrogen-bond donors (Lipinski definition) is 1. The van der Waals surface area contributed by atoms with Gasteiger partial charge in [-0.3, -0.25) is 4.72 Å². The summed E-state index contributed by atoms with van der Waals surface area (Å²) in [6.45, 7) is 1.90. The number of para-hydroxylation sites is 1. The van der Waals surface area contributed by atoms with Gasteiger partial charge >= 0.3 is 5.97 Å². The maximum atomic E-state index is 12.8. The molecule has 154 valence electrons. The minimum Gasteiger partial charge on any atom is -0.462 e. The summed E-state index contributed by atoms with van der Waals surface area (Å²) < 4.78 is 34.3. The van der Waals surface area contributed by atoms with Crippen LogP contribution in [-0.4, -0.2) is 31.8 Å². The molecule has 0 aliphatic rings. The van der Waals surface area contributed by atoms with Gasteiger partial charge in [-0.1, -0.05) is 48.5 Å². The summed E-state index contributed by atoms with van der Waals surface area (Å²) in [5.41, 5.74) is 3.66. The number of carbonyl (C=O) groups excluding carboxylic acids is 1. The van der Waals surface area contributed by atoms with Gasteiger partial charge in [0.05, 0.1) is 29.6 Å². The van der Waals surface area contributed by atoms with Crippen molar-refractivity contribution in [2.24, 2.45) is 7.05 Å². The van der Waals surface area contributed by atoms with Crippen LogP contribution in [0, 0.1) is 0 Å². The van der Waals surface area contributed by atoms with E-state index >= 15 is 0 Å². The highest BCUT2D eigenvalue weighted by Gasteiger charge is 2.25. The molecule has 6 nitrogen and oxygen atoms in total. The Hall–Kier alpha value is -3.32. The van der Waals surface area contributed by atoms with Gasteiger partial charge in [0.2, 0.25) is 10.0 Å². The first-order chi connectivity index (χ1) is 14.3. The van der Waals surface area contributed by atoms with E-state index in [1.807, 2.05) is 66.2 Å². The molecule has 0 spiro atoms. The Kier molecular flexibility index (Phi) is 4.99. The Balaban J connectivity index is 2.24. The molecule has 0 saturated heterocycles. The fourth-order valence-electron chi connectivity index (χ4n) is 3.87. The molecule has 0 amide bonds. The van der Waals surface area contributed by atoms with E-state index in [1.165, 1.54) is 0 Å². The fourth-order valence-corrected chi connectivity index (χ4v) is 4.45. The third-order valence-corrected chi connectivity index (χ3v) is 5.62. The zero-order valence-electron chi connectivity index (χ0n) is 17.0. The molecule has 4 rings (SSSR count). The van der Waals surface area contributed by atoms with Crippen LogP contribution in [0.15, 0.2) is 60.7 Å². The third-order valence-electron chi connectivity index (χ3n) is 5.05. The molecule has 0 unspecified atom stereocenters. The minimum atomic E-state index is -3.66. The predicted molar refractivity (Wildman–Crippen MR) is 120 cm³/mol. The highest BCUT2D eigenvalue weighted by Crippen LogP contribution is 2.43. The topological polar surface area (TPSA) is 77.4 Å². The molecule has 0 aliphatic heterocycles. The molecule has 7 heteroatoms. The molecule has 1 heterocycles. The van der Waals surface area contributed by atoms with Crippen LogP contribution in [0.1, 0.15) is 17.3 Å². The number of esters is 1. The summed E-state index contributed by atoms with van der Waals surface area (Å²) >= 11 is 0. The van der Waals surface area contributed by atoms with E-state index in [1.54, 1.807) is 13.0 Å². The first kappa shape index (κ1) is 20.0. The Morgan fingerprint density at radius 2 is 1.70 bits per heavy atom. The van der Waals surface area contributed by atoms with Crippen LogP contribution in [0.25, 0.3) is 32.9 Å². The summed E-state index contributed by atoms with van der Waals surface area (Å²) in [6.07, 6.45) is 1.07. The van der Waals surface area contributed by atoms with Crippen molar-refractivity contribution in [3.63, 3.8) is 0 Å². The molecular formula is C23H22N2O4S. The largest absolute Gasteiger partial charge is 0.462 e. The van der Waals surface area contributed by atoms with Crippen molar-refractivity contribution in [3.8, 4) is 11.1 Å². The molecule has 0 radical (unpaired) electrons. The zero-order valence-corrected chi connectivity index (χ0v) is 17.8. The number of sulfonamides is 1. The summed E-state index contributed by atoms with van der Waals surface area (Å²) in [4.78, 5) is 12.8. The lowest BCUT2D eigenvalue weighted by molar-refractivity contribution is 0.0528. The molecule has 1 N–H and O–H groups in total. The fraction of sp³-hybridized carbons (Fsp3) is 0.174. The van der Waals surface area contributed by atoms with Crippen molar-refractivity contribution in [2.45, 2.75) is 6.92 Å². The summed E-state index contributed by atoms with van der Waals surface area (Å²) in [5, 5.41) is 1.85. The molecule has 0 bridgehead atoms. The number of nitrogens with zero attached hydrogens (tertiary/aromatic N) is 1. The second-order valence-corrected chi connectivity index (χ2v) is 8.85. The van der Waals surface area contributed by atoms with Gasteiger partial charge in [-0.25, -0.2) is 13.2 Å². The number of hydrogen-bond acceptors (Lipinski definition) is 4. The predicted octanol–water partition coefficient (Wildman–Crippen LogP) is 4.55. The van der Waals surface area contributed by atoms with Crippen molar-refractivity contribution in [2.75, 3.05) is 17.6 Å². The van der Waals surface area contributed by atoms with Gasteiger partial charge in [0.15, 0.2) is 0 Å². The van der Waals surface area contributed by atoms with Crippen molar-refractivity contribution in [1.29, 1.82) is 0 Å². The maximum absolute atomic E-state index is 12.8. The first-order valence-corrected chi connectivity index (χ1v) is 11.5. The number of carbonyl (C=O) groups is 1. The van der Waals surface area contributed by atoms with Crippen LogP contribution in [-0.2, 0) is 21.8 Å². The van der Waals surface area contributed by atoms with Gasteiger partial charge in [-0.15, -0.1) is 0 Å². The normalized spacial score (nSPS) is 11.7. The molecule has 0 aliphatic carbocycles.